The molecule has 0 radical (unpaired) electrons. The van der Waals surface area contributed by atoms with Crippen LogP contribution in [0.2, 0.25) is 5.02 Å². The molecule has 8 heteroatoms. The lowest BCUT2D eigenvalue weighted by Gasteiger charge is -2.05. The van der Waals surface area contributed by atoms with Crippen molar-refractivity contribution in [2.24, 2.45) is 0 Å². The maximum absolute atomic E-state index is 12.5. The van der Waals surface area contributed by atoms with Crippen LogP contribution in [0, 0.1) is 0 Å². The van der Waals surface area contributed by atoms with Crippen LogP contribution >= 0.6 is 11.6 Å². The molecular weight excluding hydrogens is 330 g/mol. The Morgan fingerprint density at radius 1 is 1.12 bits per heavy atom. The van der Waals surface area contributed by atoms with Gasteiger partial charge in [-0.3, -0.25) is 4.79 Å². The lowest BCUT2D eigenvalue weighted by Crippen LogP contribution is -2.18. The summed E-state index contributed by atoms with van der Waals surface area (Å²) in [6.07, 6.45) is 0. The standard InChI is InChI=1S/C16H12ClN5O2/c17-10-5-7-11(8-6-10)24-9-14-20-22-15(23)12-3-1-2-4-13(12)19-16(22)21(14)18/h1-8H,9,18H2. The van der Waals surface area contributed by atoms with Gasteiger partial charge in [-0.1, -0.05) is 23.7 Å². The highest BCUT2D eigenvalue weighted by molar-refractivity contribution is 6.30. The number of halogens is 1. The quantitative estimate of drug-likeness (QED) is 0.576. The second-order valence-electron chi connectivity index (χ2n) is 5.17. The van der Waals surface area contributed by atoms with Gasteiger partial charge in [-0.2, -0.15) is 4.52 Å². The smallest absolute Gasteiger partial charge is 0.283 e. The molecule has 0 spiro atoms. The van der Waals surface area contributed by atoms with Crippen LogP contribution in [0.25, 0.3) is 16.7 Å². The number of hydrogen-bond acceptors (Lipinski definition) is 5. The molecule has 0 atom stereocenters. The summed E-state index contributed by atoms with van der Waals surface area (Å²) in [5.41, 5.74) is 0.298. The van der Waals surface area contributed by atoms with Gasteiger partial charge in [0.1, 0.15) is 12.4 Å². The Kier molecular flexibility index (Phi) is 3.35. The summed E-state index contributed by atoms with van der Waals surface area (Å²) in [4.78, 5) is 16.9. The van der Waals surface area contributed by atoms with E-state index in [4.69, 9.17) is 22.2 Å². The van der Waals surface area contributed by atoms with Crippen LogP contribution in [-0.4, -0.2) is 19.3 Å². The molecule has 0 bridgehead atoms. The Morgan fingerprint density at radius 3 is 2.67 bits per heavy atom. The van der Waals surface area contributed by atoms with E-state index >= 15 is 0 Å². The van der Waals surface area contributed by atoms with E-state index in [1.54, 1.807) is 42.5 Å². The van der Waals surface area contributed by atoms with Crippen molar-refractivity contribution in [1.29, 1.82) is 0 Å². The molecule has 2 aromatic heterocycles. The first-order chi connectivity index (χ1) is 11.6. The summed E-state index contributed by atoms with van der Waals surface area (Å²) in [7, 11) is 0. The van der Waals surface area contributed by atoms with Gasteiger partial charge in [-0.15, -0.1) is 5.10 Å². The van der Waals surface area contributed by atoms with E-state index in [0.717, 1.165) is 0 Å². The van der Waals surface area contributed by atoms with Crippen molar-refractivity contribution in [2.75, 3.05) is 5.84 Å². The highest BCUT2D eigenvalue weighted by atomic mass is 35.5. The van der Waals surface area contributed by atoms with Crippen LogP contribution in [0.1, 0.15) is 5.82 Å². The number of nitrogens with zero attached hydrogens (tertiary/aromatic N) is 4. The molecule has 24 heavy (non-hydrogen) atoms. The van der Waals surface area contributed by atoms with Gasteiger partial charge in [-0.25, -0.2) is 9.66 Å². The molecule has 2 heterocycles. The van der Waals surface area contributed by atoms with Crippen LogP contribution < -0.4 is 16.1 Å². The maximum Gasteiger partial charge on any atom is 0.283 e. The van der Waals surface area contributed by atoms with E-state index in [2.05, 4.69) is 10.1 Å². The molecule has 0 amide bonds. The lowest BCUT2D eigenvalue weighted by molar-refractivity contribution is 0.292. The SMILES string of the molecule is Nn1c(COc2ccc(Cl)cc2)nn2c(=O)c3ccccc3nc12. The average Bonchev–Trinajstić information content (AvgIpc) is 2.91. The summed E-state index contributed by atoms with van der Waals surface area (Å²) >= 11 is 5.84. The van der Waals surface area contributed by atoms with Gasteiger partial charge in [0.25, 0.3) is 11.3 Å². The van der Waals surface area contributed by atoms with Gasteiger partial charge in [-0.05, 0) is 36.4 Å². The third-order valence-electron chi connectivity index (χ3n) is 3.63. The third-order valence-corrected chi connectivity index (χ3v) is 3.88. The lowest BCUT2D eigenvalue weighted by atomic mass is 10.2. The summed E-state index contributed by atoms with van der Waals surface area (Å²) in [5, 5.41) is 5.33. The fraction of sp³-hybridized carbons (Fsp3) is 0.0625. The molecule has 0 fully saturated rings. The van der Waals surface area contributed by atoms with Crippen molar-refractivity contribution >= 4 is 28.3 Å². The summed E-state index contributed by atoms with van der Waals surface area (Å²) in [6.45, 7) is 0.0945. The number of benzene rings is 2. The highest BCUT2D eigenvalue weighted by Crippen LogP contribution is 2.17. The van der Waals surface area contributed by atoms with Crippen LogP contribution in [0.3, 0.4) is 0 Å². The molecule has 0 saturated carbocycles. The Hall–Kier alpha value is -3.06. The number of rotatable bonds is 3. The predicted octanol–water partition coefficient (Wildman–Crippen LogP) is 1.99. The van der Waals surface area contributed by atoms with Gasteiger partial charge in [0, 0.05) is 5.02 Å². The number of para-hydroxylation sites is 1. The van der Waals surface area contributed by atoms with Crippen molar-refractivity contribution in [3.05, 3.63) is 69.7 Å². The largest absolute Gasteiger partial charge is 0.486 e. The molecule has 4 aromatic rings. The molecule has 4 rings (SSSR count). The number of nitrogens with two attached hydrogens (primary N) is 1. The average molecular weight is 342 g/mol. The minimum Gasteiger partial charge on any atom is -0.486 e. The first kappa shape index (κ1) is 14.5. The van der Waals surface area contributed by atoms with Crippen molar-refractivity contribution in [3.63, 3.8) is 0 Å². The fourth-order valence-corrected chi connectivity index (χ4v) is 2.54. The zero-order valence-corrected chi connectivity index (χ0v) is 13.1. The van der Waals surface area contributed by atoms with Gasteiger partial charge < -0.3 is 10.6 Å². The Labute approximate surface area is 140 Å². The number of fused-ring (bicyclic) bond motifs is 2. The molecule has 0 aliphatic carbocycles. The Balaban J connectivity index is 1.75. The molecule has 0 aliphatic rings. The first-order valence-electron chi connectivity index (χ1n) is 7.16. The number of hydrogen-bond donors (Lipinski definition) is 1. The van der Waals surface area contributed by atoms with Crippen molar-refractivity contribution in [2.45, 2.75) is 6.61 Å². The number of ether oxygens (including phenoxy) is 1. The van der Waals surface area contributed by atoms with Crippen LogP contribution in [0.5, 0.6) is 5.75 Å². The second kappa shape index (κ2) is 5.54. The summed E-state index contributed by atoms with van der Waals surface area (Å²) in [6, 6.07) is 14.0. The predicted molar refractivity (Wildman–Crippen MR) is 90.7 cm³/mol. The van der Waals surface area contributed by atoms with Gasteiger partial charge in [0.15, 0.2) is 5.82 Å². The van der Waals surface area contributed by atoms with Gasteiger partial charge >= 0.3 is 0 Å². The zero-order valence-electron chi connectivity index (χ0n) is 12.4. The normalized spacial score (nSPS) is 11.2. The van der Waals surface area contributed by atoms with E-state index < -0.39 is 0 Å². The van der Waals surface area contributed by atoms with E-state index in [1.807, 2.05) is 6.07 Å². The third kappa shape index (κ3) is 2.35. The second-order valence-corrected chi connectivity index (χ2v) is 5.61. The Morgan fingerprint density at radius 2 is 1.88 bits per heavy atom. The van der Waals surface area contributed by atoms with Crippen LogP contribution in [0.4, 0.5) is 0 Å². The zero-order chi connectivity index (χ0) is 16.7. The van der Waals surface area contributed by atoms with E-state index in [1.165, 1.54) is 9.19 Å². The fourth-order valence-electron chi connectivity index (χ4n) is 2.41. The van der Waals surface area contributed by atoms with Crippen molar-refractivity contribution in [1.82, 2.24) is 19.3 Å². The van der Waals surface area contributed by atoms with Gasteiger partial charge in [0.05, 0.1) is 10.9 Å². The molecule has 7 nitrogen and oxygen atoms in total. The highest BCUT2D eigenvalue weighted by Gasteiger charge is 2.14. The van der Waals surface area contributed by atoms with E-state index in [-0.39, 0.29) is 17.9 Å². The maximum atomic E-state index is 12.5. The molecule has 0 aliphatic heterocycles. The minimum atomic E-state index is -0.271. The monoisotopic (exact) mass is 341 g/mol. The molecule has 2 aromatic carbocycles. The van der Waals surface area contributed by atoms with Crippen LogP contribution in [0.15, 0.2) is 53.3 Å². The number of aromatic nitrogens is 4. The molecule has 0 saturated heterocycles. The molecular formula is C16H12ClN5O2. The van der Waals surface area contributed by atoms with E-state index in [9.17, 15) is 4.79 Å². The van der Waals surface area contributed by atoms with Crippen molar-refractivity contribution < 1.29 is 4.74 Å². The summed E-state index contributed by atoms with van der Waals surface area (Å²) in [5.74, 6) is 7.28. The molecule has 2 N–H and O–H groups in total. The van der Waals surface area contributed by atoms with E-state index in [0.29, 0.717) is 27.5 Å². The minimum absolute atomic E-state index is 0.0945. The number of nitrogen functional groups attached to an aromatic ring is 1. The summed E-state index contributed by atoms with van der Waals surface area (Å²) < 4.78 is 8.07. The topological polar surface area (TPSA) is 87.4 Å². The van der Waals surface area contributed by atoms with Crippen LogP contribution in [-0.2, 0) is 6.61 Å². The Bertz CT molecular complexity index is 1100. The van der Waals surface area contributed by atoms with Crippen molar-refractivity contribution in [3.8, 4) is 5.75 Å². The first-order valence-corrected chi connectivity index (χ1v) is 7.54. The molecule has 120 valence electrons. The van der Waals surface area contributed by atoms with Gasteiger partial charge in [0.2, 0.25) is 0 Å². The molecule has 0 unspecified atom stereocenters.